The molecule has 4 atom stereocenters. The smallest absolute Gasteiger partial charge is 0.331 e. The first-order chi connectivity index (χ1) is 12.6. The Labute approximate surface area is 151 Å². The van der Waals surface area contributed by atoms with Gasteiger partial charge in [0.15, 0.2) is 5.92 Å². The number of para-hydroxylation sites is 2. The number of nitrogens with one attached hydrogen (secondary N) is 1. The Balaban J connectivity index is 1.57. The number of methoxy groups -OCH3 is 1. The normalized spacial score (nSPS) is 31.0. The number of carbonyl (C=O) groups is 3. The van der Waals surface area contributed by atoms with Crippen LogP contribution in [0.2, 0.25) is 0 Å². The molecule has 0 unspecified atom stereocenters. The third kappa shape index (κ3) is 2.77. The second kappa shape index (κ2) is 6.55. The number of ether oxygens (including phenoxy) is 1. The van der Waals surface area contributed by atoms with Gasteiger partial charge in [-0.2, -0.15) is 0 Å². The van der Waals surface area contributed by atoms with E-state index < -0.39 is 23.8 Å². The number of urea groups is 1. The van der Waals surface area contributed by atoms with Crippen LogP contribution in [0, 0.1) is 17.8 Å². The highest BCUT2D eigenvalue weighted by atomic mass is 16.5. The number of amides is 4. The first-order valence-corrected chi connectivity index (χ1v) is 8.93. The highest BCUT2D eigenvalue weighted by Crippen LogP contribution is 2.47. The first kappa shape index (κ1) is 16.8. The molecule has 2 saturated carbocycles. The summed E-state index contributed by atoms with van der Waals surface area (Å²) in [6.07, 6.45) is 5.43. The van der Waals surface area contributed by atoms with Crippen molar-refractivity contribution in [3.8, 4) is 5.75 Å². The van der Waals surface area contributed by atoms with Crippen LogP contribution in [0.1, 0.15) is 25.7 Å². The number of aliphatic imine (C=N–C) groups is 1. The average molecular weight is 355 g/mol. The van der Waals surface area contributed by atoms with Gasteiger partial charge in [0.2, 0.25) is 11.8 Å². The van der Waals surface area contributed by atoms with Crippen LogP contribution in [0.4, 0.5) is 10.5 Å². The van der Waals surface area contributed by atoms with Crippen LogP contribution in [-0.2, 0) is 9.59 Å². The fourth-order valence-corrected chi connectivity index (χ4v) is 4.47. The molecular weight excluding hydrogens is 334 g/mol. The number of imide groups is 2. The van der Waals surface area contributed by atoms with E-state index in [-0.39, 0.29) is 6.04 Å². The maximum absolute atomic E-state index is 12.9. The number of benzene rings is 1. The molecule has 1 saturated heterocycles. The van der Waals surface area contributed by atoms with E-state index in [1.54, 1.807) is 18.2 Å². The Morgan fingerprint density at radius 3 is 2.69 bits per heavy atom. The van der Waals surface area contributed by atoms with Gasteiger partial charge in [-0.05, 0) is 43.2 Å². The van der Waals surface area contributed by atoms with Crippen molar-refractivity contribution in [1.82, 2.24) is 10.2 Å². The van der Waals surface area contributed by atoms with Crippen LogP contribution in [0.3, 0.4) is 0 Å². The van der Waals surface area contributed by atoms with Crippen molar-refractivity contribution in [2.75, 3.05) is 7.11 Å². The average Bonchev–Trinajstić information content (AvgIpc) is 3.25. The Morgan fingerprint density at radius 1 is 1.19 bits per heavy atom. The zero-order valence-corrected chi connectivity index (χ0v) is 14.6. The minimum absolute atomic E-state index is 0.100. The zero-order chi connectivity index (χ0) is 18.3. The quantitative estimate of drug-likeness (QED) is 0.663. The van der Waals surface area contributed by atoms with E-state index in [0.29, 0.717) is 23.3 Å². The van der Waals surface area contributed by atoms with Crippen LogP contribution in [0.5, 0.6) is 5.75 Å². The lowest BCUT2D eigenvalue weighted by molar-refractivity contribution is -0.141. The topological polar surface area (TPSA) is 88.1 Å². The second-order valence-electron chi connectivity index (χ2n) is 7.17. The summed E-state index contributed by atoms with van der Waals surface area (Å²) < 4.78 is 5.23. The van der Waals surface area contributed by atoms with Gasteiger partial charge in [0.25, 0.3) is 0 Å². The molecule has 26 heavy (non-hydrogen) atoms. The van der Waals surface area contributed by atoms with E-state index in [1.807, 2.05) is 6.07 Å². The molecule has 7 nitrogen and oxygen atoms in total. The summed E-state index contributed by atoms with van der Waals surface area (Å²) in [6, 6.07) is 6.39. The Kier molecular flexibility index (Phi) is 4.22. The van der Waals surface area contributed by atoms with Gasteiger partial charge < -0.3 is 4.74 Å². The van der Waals surface area contributed by atoms with Crippen molar-refractivity contribution in [1.29, 1.82) is 0 Å². The highest BCUT2D eigenvalue weighted by Gasteiger charge is 2.50. The van der Waals surface area contributed by atoms with E-state index in [9.17, 15) is 14.4 Å². The highest BCUT2D eigenvalue weighted by molar-refractivity contribution is 6.23. The Bertz CT molecular complexity index is 791. The SMILES string of the molecule is COc1ccccc1N=C[C@H]1C(=O)NC(=O)N([C@H]2C[C@H]3CC[C@H]2C3)C1=O. The number of hydrogen-bond acceptors (Lipinski definition) is 5. The van der Waals surface area contributed by atoms with Gasteiger partial charge in [-0.15, -0.1) is 0 Å². The minimum Gasteiger partial charge on any atom is -0.494 e. The van der Waals surface area contributed by atoms with Crippen LogP contribution in [0.15, 0.2) is 29.3 Å². The number of nitrogens with zero attached hydrogens (tertiary/aromatic N) is 2. The van der Waals surface area contributed by atoms with E-state index in [0.717, 1.165) is 19.3 Å². The molecule has 4 amide bonds. The standard InChI is InChI=1S/C19H21N3O4/c1-26-16-5-3-2-4-14(16)20-10-13-17(23)21-19(25)22(18(13)24)15-9-11-6-7-12(15)8-11/h2-5,10-13,15H,6-9H2,1H3,(H,21,23,25)/t11-,12-,13-,15-/m0/s1. The van der Waals surface area contributed by atoms with Crippen molar-refractivity contribution in [3.05, 3.63) is 24.3 Å². The van der Waals surface area contributed by atoms with Crippen molar-refractivity contribution >= 4 is 29.7 Å². The summed E-state index contributed by atoms with van der Waals surface area (Å²) in [5.74, 6) is -0.711. The van der Waals surface area contributed by atoms with Crippen LogP contribution in [0.25, 0.3) is 0 Å². The van der Waals surface area contributed by atoms with E-state index in [2.05, 4.69) is 10.3 Å². The maximum atomic E-state index is 12.9. The molecule has 0 aromatic heterocycles. The van der Waals surface area contributed by atoms with E-state index >= 15 is 0 Å². The van der Waals surface area contributed by atoms with Crippen molar-refractivity contribution in [3.63, 3.8) is 0 Å². The lowest BCUT2D eigenvalue weighted by atomic mass is 9.92. The molecule has 3 fully saturated rings. The largest absolute Gasteiger partial charge is 0.494 e. The lowest BCUT2D eigenvalue weighted by Crippen LogP contribution is -2.62. The van der Waals surface area contributed by atoms with Gasteiger partial charge in [0.1, 0.15) is 11.4 Å². The Morgan fingerprint density at radius 2 is 2.00 bits per heavy atom. The third-order valence-electron chi connectivity index (χ3n) is 5.72. The number of fused-ring (bicyclic) bond motifs is 2. The summed E-state index contributed by atoms with van der Waals surface area (Å²) >= 11 is 0. The second-order valence-corrected chi connectivity index (χ2v) is 7.17. The minimum atomic E-state index is -1.10. The molecule has 0 spiro atoms. The number of rotatable bonds is 4. The third-order valence-corrected chi connectivity index (χ3v) is 5.72. The number of carbonyl (C=O) groups excluding carboxylic acids is 3. The van der Waals surface area contributed by atoms with Crippen LogP contribution < -0.4 is 10.1 Å². The predicted molar refractivity (Wildman–Crippen MR) is 94.3 cm³/mol. The van der Waals surface area contributed by atoms with Crippen LogP contribution in [-0.4, -0.2) is 42.1 Å². The first-order valence-electron chi connectivity index (χ1n) is 8.93. The molecule has 1 aliphatic heterocycles. The van der Waals surface area contributed by atoms with E-state index in [4.69, 9.17) is 4.74 Å². The van der Waals surface area contributed by atoms with Gasteiger partial charge in [0.05, 0.1) is 7.11 Å². The number of barbiturate groups is 1. The molecule has 3 aliphatic rings. The van der Waals surface area contributed by atoms with Gasteiger partial charge in [-0.25, -0.2) is 4.79 Å². The molecule has 1 heterocycles. The zero-order valence-electron chi connectivity index (χ0n) is 14.6. The molecule has 2 bridgehead atoms. The summed E-state index contributed by atoms with van der Waals surface area (Å²) in [5.41, 5.74) is 0.527. The van der Waals surface area contributed by atoms with Crippen molar-refractivity contribution in [2.24, 2.45) is 22.7 Å². The number of hydrogen-bond donors (Lipinski definition) is 1. The molecular formula is C19H21N3O4. The molecule has 7 heteroatoms. The lowest BCUT2D eigenvalue weighted by Gasteiger charge is -2.36. The molecule has 1 aromatic rings. The summed E-state index contributed by atoms with van der Waals surface area (Å²) in [6.45, 7) is 0. The van der Waals surface area contributed by atoms with Crippen molar-refractivity contribution in [2.45, 2.75) is 31.7 Å². The van der Waals surface area contributed by atoms with E-state index in [1.165, 1.54) is 24.6 Å². The summed E-state index contributed by atoms with van der Waals surface area (Å²) in [5, 5.41) is 2.32. The molecule has 136 valence electrons. The van der Waals surface area contributed by atoms with Crippen LogP contribution >= 0.6 is 0 Å². The molecule has 1 aromatic carbocycles. The molecule has 4 rings (SSSR count). The fourth-order valence-electron chi connectivity index (χ4n) is 4.47. The van der Waals surface area contributed by atoms with Gasteiger partial charge >= 0.3 is 6.03 Å². The van der Waals surface area contributed by atoms with Gasteiger partial charge in [-0.3, -0.25) is 24.8 Å². The maximum Gasteiger partial charge on any atom is 0.331 e. The Hall–Kier alpha value is -2.70. The summed E-state index contributed by atoms with van der Waals surface area (Å²) in [7, 11) is 1.53. The monoisotopic (exact) mass is 355 g/mol. The molecule has 0 radical (unpaired) electrons. The summed E-state index contributed by atoms with van der Waals surface area (Å²) in [4.78, 5) is 43.0. The fraction of sp³-hybridized carbons (Fsp3) is 0.474. The van der Waals surface area contributed by atoms with Crippen molar-refractivity contribution < 1.29 is 19.1 Å². The predicted octanol–water partition coefficient (Wildman–Crippen LogP) is 2.28. The molecule has 1 N–H and O–H groups in total. The van der Waals surface area contributed by atoms with Gasteiger partial charge in [-0.1, -0.05) is 18.6 Å². The molecule has 2 aliphatic carbocycles. The van der Waals surface area contributed by atoms with Gasteiger partial charge in [0, 0.05) is 12.3 Å².